The summed E-state index contributed by atoms with van der Waals surface area (Å²) in [6.45, 7) is 6.69. The number of amides is 4. The number of nitrogens with one attached hydrogen (secondary N) is 6. The third kappa shape index (κ3) is 9.65. The van der Waals surface area contributed by atoms with Crippen LogP contribution in [0.15, 0.2) is 36.4 Å². The maximum Gasteiger partial charge on any atom is 0.248 e. The lowest BCUT2D eigenvalue weighted by molar-refractivity contribution is -0.141. The first-order valence-corrected chi connectivity index (χ1v) is 21.1. The number of benzene rings is 2. The van der Waals surface area contributed by atoms with Crippen LogP contribution in [0, 0.1) is 11.6 Å². The Hall–Kier alpha value is -4.98. The molecule has 16 nitrogen and oxygen atoms in total. The van der Waals surface area contributed by atoms with Crippen LogP contribution in [0.1, 0.15) is 51.7 Å². The fraction of sp³-hybridized carbons (Fsp3) is 0.545. The second-order valence-corrected chi connectivity index (χ2v) is 16.7. The molecule has 4 amide bonds. The van der Waals surface area contributed by atoms with Gasteiger partial charge in [-0.25, -0.2) is 8.78 Å². The maximum absolute atomic E-state index is 14.9. The Balaban J connectivity index is 1.42. The Bertz CT molecular complexity index is 2110. The molecule has 2 aromatic heterocycles. The highest BCUT2D eigenvalue weighted by Gasteiger charge is 2.43. The monoisotopic (exact) mass is 866 g/mol. The van der Waals surface area contributed by atoms with Crippen LogP contribution in [0.25, 0.3) is 33.2 Å². The fourth-order valence-electron chi connectivity index (χ4n) is 8.70. The van der Waals surface area contributed by atoms with Crippen LogP contribution < -0.4 is 21.3 Å². The largest absolute Gasteiger partial charge is 0.391 e. The van der Waals surface area contributed by atoms with Crippen molar-refractivity contribution in [2.45, 2.75) is 114 Å². The first-order valence-electron chi connectivity index (χ1n) is 21.1. The number of nitrogens with zero attached hydrogens (tertiary/aromatic N) is 2. The lowest BCUT2D eigenvalue weighted by atomic mass is 9.94. The van der Waals surface area contributed by atoms with E-state index in [4.69, 9.17) is 9.47 Å². The van der Waals surface area contributed by atoms with Gasteiger partial charge in [-0.1, -0.05) is 0 Å². The minimum absolute atomic E-state index is 0.00198. The number of halogens is 2. The fourth-order valence-corrected chi connectivity index (χ4v) is 8.70. The predicted octanol–water partition coefficient (Wildman–Crippen LogP) is 1.86. The van der Waals surface area contributed by atoms with Crippen LogP contribution in [-0.2, 0) is 41.5 Å². The lowest BCUT2D eigenvalue weighted by Crippen LogP contribution is -2.58. The number of likely N-dealkylation sites (N-methyl/N-ethyl adjacent to an activating group) is 2. The van der Waals surface area contributed by atoms with Gasteiger partial charge in [0.1, 0.15) is 23.7 Å². The molecule has 6 rings (SSSR count). The highest BCUT2D eigenvalue weighted by molar-refractivity contribution is 5.97. The number of aliphatic hydroxyl groups excluding tert-OH is 2. The van der Waals surface area contributed by atoms with E-state index in [2.05, 4.69) is 31.2 Å². The van der Waals surface area contributed by atoms with Crippen molar-refractivity contribution in [3.8, 4) is 11.4 Å². The molecule has 0 aliphatic carbocycles. The number of likely N-dealkylation sites (tertiary alicyclic amines) is 2. The summed E-state index contributed by atoms with van der Waals surface area (Å²) in [5.74, 6) is -2.65. The zero-order valence-electron chi connectivity index (χ0n) is 36.5. The summed E-state index contributed by atoms with van der Waals surface area (Å²) in [4.78, 5) is 64.7. The van der Waals surface area contributed by atoms with Gasteiger partial charge in [-0.05, 0) is 115 Å². The van der Waals surface area contributed by atoms with Crippen LogP contribution in [0.3, 0.4) is 0 Å². The van der Waals surface area contributed by atoms with Gasteiger partial charge >= 0.3 is 0 Å². The van der Waals surface area contributed by atoms with Crippen molar-refractivity contribution < 1.29 is 47.6 Å². The molecule has 10 atom stereocenters. The molecule has 2 aliphatic rings. The van der Waals surface area contributed by atoms with E-state index in [-0.39, 0.29) is 38.8 Å². The molecule has 2 fully saturated rings. The van der Waals surface area contributed by atoms with Crippen molar-refractivity contribution in [2.24, 2.45) is 0 Å². The number of carbonyl (C=O) groups is 4. The van der Waals surface area contributed by atoms with Crippen molar-refractivity contribution in [3.63, 3.8) is 0 Å². The second-order valence-electron chi connectivity index (χ2n) is 16.7. The molecule has 0 radical (unpaired) electrons. The topological polar surface area (TPSA) is 213 Å². The van der Waals surface area contributed by atoms with E-state index >= 15 is 0 Å². The average molecular weight is 867 g/mol. The molecule has 0 spiro atoms. The number of β-amino-alcohol motifs (C(OH)–C–C–N with tert-alkyl or cyclic N) is 2. The molecule has 0 unspecified atom stereocenters. The Morgan fingerprint density at radius 2 is 1.06 bits per heavy atom. The standard InChI is InChI=1S/C44H60F2N8O8/c1-21(47-5)41(57)51-37(23(3)61-7)43(59)53-19-29(55)15-27(53)17-33-31-11-9-25(45)13-35(31)49-39(33)40-34(32-12-10-26(46)14-36(32)50-40)18-28-16-30(56)20-54(28)44(60)38(24(4)62-8)52-42(58)22(2)48-6/h9-14,21-24,27-30,37-38,47-50,55-56H,15-20H2,1-8H3,(H,51,57)(H,52,58)/t21-,22-,23+,24+,27-,28-,29-,30-,37-,38-/m0/s1. The maximum atomic E-state index is 14.9. The Morgan fingerprint density at radius 3 is 1.40 bits per heavy atom. The smallest absolute Gasteiger partial charge is 0.248 e. The highest BCUT2D eigenvalue weighted by Crippen LogP contribution is 2.40. The van der Waals surface area contributed by atoms with Crippen molar-refractivity contribution in [2.75, 3.05) is 41.4 Å². The van der Waals surface area contributed by atoms with E-state index in [1.165, 1.54) is 38.5 Å². The summed E-state index contributed by atoms with van der Waals surface area (Å²) in [5, 5.41) is 34.8. The summed E-state index contributed by atoms with van der Waals surface area (Å²) in [7, 11) is 6.15. The molecular weight excluding hydrogens is 807 g/mol. The van der Waals surface area contributed by atoms with Crippen molar-refractivity contribution in [1.82, 2.24) is 41.0 Å². The van der Waals surface area contributed by atoms with Gasteiger partial charge in [-0.2, -0.15) is 0 Å². The molecule has 2 saturated heterocycles. The van der Waals surface area contributed by atoms with Crippen molar-refractivity contribution in [1.29, 1.82) is 0 Å². The molecule has 4 aromatic rings. The van der Waals surface area contributed by atoms with E-state index < -0.39 is 95.9 Å². The number of methoxy groups -OCH3 is 2. The number of aromatic amines is 2. The Kier molecular flexibility index (Phi) is 14.7. The second kappa shape index (κ2) is 19.6. The number of carbonyl (C=O) groups excluding carboxylic acids is 4. The molecular formula is C44H60F2N8O8. The molecule has 4 heterocycles. The van der Waals surface area contributed by atoms with Gasteiger partial charge in [0, 0.05) is 61.2 Å². The van der Waals surface area contributed by atoms with Gasteiger partial charge in [0.2, 0.25) is 23.6 Å². The SMILES string of the molecule is CN[C@@H](C)C(=O)N[C@H](C(=O)N1C[C@@H](O)C[C@H]1Cc1c(-c2[nH]c3cc(F)ccc3c2C[C@@H]2C[C@H](O)CN2C(=O)[C@@H](NC(=O)[C@H](C)NC)[C@@H](C)OC)[nH]c2cc(F)ccc12)[C@@H](C)OC. The molecule has 0 saturated carbocycles. The van der Waals surface area contributed by atoms with Crippen molar-refractivity contribution >= 4 is 45.4 Å². The normalized spacial score (nSPS) is 22.1. The number of rotatable bonds is 17. The van der Waals surface area contributed by atoms with Crippen LogP contribution in [0.5, 0.6) is 0 Å². The molecule has 338 valence electrons. The van der Waals surface area contributed by atoms with Crippen LogP contribution in [0.4, 0.5) is 8.78 Å². The quantitative estimate of drug-likeness (QED) is 0.0772. The summed E-state index contributed by atoms with van der Waals surface area (Å²) < 4.78 is 40.8. The van der Waals surface area contributed by atoms with Gasteiger partial charge in [0.05, 0.1) is 47.9 Å². The average Bonchev–Trinajstić information content (AvgIpc) is 4.02. The number of hydrogen-bond donors (Lipinski definition) is 8. The molecule has 2 aliphatic heterocycles. The van der Waals surface area contributed by atoms with Gasteiger partial charge in [0.25, 0.3) is 0 Å². The molecule has 18 heteroatoms. The molecule has 0 bridgehead atoms. The van der Waals surface area contributed by atoms with Gasteiger partial charge < -0.3 is 60.7 Å². The van der Waals surface area contributed by atoms with Crippen LogP contribution >= 0.6 is 0 Å². The molecule has 8 N–H and O–H groups in total. The summed E-state index contributed by atoms with van der Waals surface area (Å²) >= 11 is 0. The van der Waals surface area contributed by atoms with Gasteiger partial charge in [0.15, 0.2) is 0 Å². The van der Waals surface area contributed by atoms with E-state index in [0.717, 1.165) is 0 Å². The van der Waals surface area contributed by atoms with E-state index in [1.807, 2.05) is 0 Å². The highest BCUT2D eigenvalue weighted by atomic mass is 19.1. The predicted molar refractivity (Wildman–Crippen MR) is 229 cm³/mol. The van der Waals surface area contributed by atoms with Crippen LogP contribution in [-0.4, -0.2) is 156 Å². The lowest BCUT2D eigenvalue weighted by Gasteiger charge is -2.32. The van der Waals surface area contributed by atoms with E-state index in [9.17, 15) is 38.2 Å². The minimum atomic E-state index is -1.07. The minimum Gasteiger partial charge on any atom is -0.391 e. The number of aromatic nitrogens is 2. The Labute approximate surface area is 359 Å². The number of aliphatic hydroxyl groups is 2. The first-order chi connectivity index (χ1) is 29.5. The van der Waals surface area contributed by atoms with Crippen LogP contribution in [0.2, 0.25) is 0 Å². The Morgan fingerprint density at radius 1 is 0.694 bits per heavy atom. The zero-order valence-corrected chi connectivity index (χ0v) is 36.5. The number of H-pyrrole nitrogens is 2. The summed E-state index contributed by atoms with van der Waals surface area (Å²) in [6, 6.07) is 4.20. The summed E-state index contributed by atoms with van der Waals surface area (Å²) in [6.07, 6.45) is -2.37. The first kappa shape index (κ1) is 46.5. The third-order valence-electron chi connectivity index (χ3n) is 12.7. The zero-order chi connectivity index (χ0) is 45.2. The molecule has 2 aromatic carbocycles. The number of fused-ring (bicyclic) bond motifs is 2. The van der Waals surface area contributed by atoms with E-state index in [1.54, 1.807) is 63.7 Å². The van der Waals surface area contributed by atoms with E-state index in [0.29, 0.717) is 44.3 Å². The van der Waals surface area contributed by atoms with Gasteiger partial charge in [-0.3, -0.25) is 19.2 Å². The number of hydrogen-bond acceptors (Lipinski definition) is 10. The van der Waals surface area contributed by atoms with Crippen molar-refractivity contribution in [3.05, 3.63) is 59.2 Å². The molecule has 62 heavy (non-hydrogen) atoms. The summed E-state index contributed by atoms with van der Waals surface area (Å²) in [5.41, 5.74) is 3.34. The number of ether oxygens (including phenoxy) is 2. The van der Waals surface area contributed by atoms with Gasteiger partial charge in [-0.15, -0.1) is 0 Å². The third-order valence-corrected chi connectivity index (χ3v) is 12.7.